The van der Waals surface area contributed by atoms with E-state index in [1.54, 1.807) is 29.1 Å². The maximum absolute atomic E-state index is 13.5. The lowest BCUT2D eigenvalue weighted by molar-refractivity contribution is 0.0985. The van der Waals surface area contributed by atoms with Crippen molar-refractivity contribution in [2.45, 2.75) is 30.5 Å². The van der Waals surface area contributed by atoms with Crippen molar-refractivity contribution in [3.63, 3.8) is 0 Å². The van der Waals surface area contributed by atoms with Crippen LogP contribution in [0.4, 0.5) is 5.13 Å². The normalized spacial score (nSPS) is 11.2. The van der Waals surface area contributed by atoms with Crippen LogP contribution in [-0.4, -0.2) is 21.1 Å². The first kappa shape index (κ1) is 21.0. The highest BCUT2D eigenvalue weighted by molar-refractivity contribution is 9.10. The third kappa shape index (κ3) is 4.91. The summed E-state index contributed by atoms with van der Waals surface area (Å²) in [5, 5.41) is 1.17. The molecule has 0 aliphatic rings. The zero-order valence-corrected chi connectivity index (χ0v) is 19.8. The SMILES string of the molecule is CC(C)Sc1ccc(C(=O)N(Cc2cccnc2)c2nc3ccc(Br)cc3s2)cc1. The second kappa shape index (κ2) is 9.29. The average molecular weight is 498 g/mol. The number of amides is 1. The van der Waals surface area contributed by atoms with Gasteiger partial charge in [0.1, 0.15) is 0 Å². The first-order valence-electron chi connectivity index (χ1n) is 9.53. The van der Waals surface area contributed by atoms with Crippen molar-refractivity contribution in [2.75, 3.05) is 4.90 Å². The molecule has 0 spiro atoms. The van der Waals surface area contributed by atoms with Crippen molar-refractivity contribution in [1.82, 2.24) is 9.97 Å². The Morgan fingerprint density at radius 1 is 1.17 bits per heavy atom. The highest BCUT2D eigenvalue weighted by Gasteiger charge is 2.22. The molecule has 0 N–H and O–H groups in total. The number of carbonyl (C=O) groups is 1. The lowest BCUT2D eigenvalue weighted by Crippen LogP contribution is -2.30. The van der Waals surface area contributed by atoms with Crippen molar-refractivity contribution < 1.29 is 4.79 Å². The van der Waals surface area contributed by atoms with Gasteiger partial charge < -0.3 is 0 Å². The zero-order valence-electron chi connectivity index (χ0n) is 16.6. The van der Waals surface area contributed by atoms with Gasteiger partial charge in [-0.25, -0.2) is 4.98 Å². The maximum Gasteiger partial charge on any atom is 0.260 e. The van der Waals surface area contributed by atoms with Crippen LogP contribution < -0.4 is 4.90 Å². The van der Waals surface area contributed by atoms with E-state index in [0.29, 0.717) is 22.5 Å². The zero-order chi connectivity index (χ0) is 21.1. The molecule has 2 heterocycles. The van der Waals surface area contributed by atoms with E-state index in [1.807, 2.05) is 54.6 Å². The summed E-state index contributed by atoms with van der Waals surface area (Å²) in [4.78, 5) is 25.3. The molecule has 0 atom stereocenters. The molecule has 0 saturated heterocycles. The van der Waals surface area contributed by atoms with Gasteiger partial charge >= 0.3 is 0 Å². The summed E-state index contributed by atoms with van der Waals surface area (Å²) in [5.41, 5.74) is 2.48. The number of hydrogen-bond donors (Lipinski definition) is 0. The minimum absolute atomic E-state index is 0.0712. The molecule has 4 aromatic rings. The number of fused-ring (bicyclic) bond motifs is 1. The number of hydrogen-bond acceptors (Lipinski definition) is 5. The van der Waals surface area contributed by atoms with Gasteiger partial charge in [0.05, 0.1) is 16.8 Å². The summed E-state index contributed by atoms with van der Waals surface area (Å²) >= 11 is 6.81. The largest absolute Gasteiger partial charge is 0.279 e. The molecular formula is C23H20BrN3OS2. The highest BCUT2D eigenvalue weighted by Crippen LogP contribution is 2.33. The predicted octanol–water partition coefficient (Wildman–Crippen LogP) is 6.80. The van der Waals surface area contributed by atoms with Crippen LogP contribution in [0.2, 0.25) is 0 Å². The number of pyridine rings is 1. The number of aromatic nitrogens is 2. The van der Waals surface area contributed by atoms with Crippen LogP contribution in [0.15, 0.2) is 76.4 Å². The second-order valence-electron chi connectivity index (χ2n) is 7.05. The molecule has 1 amide bonds. The topological polar surface area (TPSA) is 46.1 Å². The lowest BCUT2D eigenvalue weighted by Gasteiger charge is -2.20. The van der Waals surface area contributed by atoms with Crippen LogP contribution in [0.5, 0.6) is 0 Å². The van der Waals surface area contributed by atoms with Gasteiger partial charge in [-0.15, -0.1) is 11.8 Å². The number of nitrogens with zero attached hydrogens (tertiary/aromatic N) is 3. The van der Waals surface area contributed by atoms with Crippen LogP contribution in [0.25, 0.3) is 10.2 Å². The predicted molar refractivity (Wildman–Crippen MR) is 130 cm³/mol. The summed E-state index contributed by atoms with van der Waals surface area (Å²) in [6, 6.07) is 17.6. The molecule has 0 fully saturated rings. The number of carbonyl (C=O) groups excluding carboxylic acids is 1. The molecular weight excluding hydrogens is 478 g/mol. The number of thioether (sulfide) groups is 1. The molecule has 30 heavy (non-hydrogen) atoms. The van der Waals surface area contributed by atoms with E-state index in [0.717, 1.165) is 25.1 Å². The van der Waals surface area contributed by atoms with E-state index in [-0.39, 0.29) is 5.91 Å². The summed E-state index contributed by atoms with van der Waals surface area (Å²) in [5.74, 6) is -0.0712. The van der Waals surface area contributed by atoms with Crippen LogP contribution in [0, 0.1) is 0 Å². The first-order valence-corrected chi connectivity index (χ1v) is 12.0. The van der Waals surface area contributed by atoms with E-state index in [4.69, 9.17) is 4.98 Å². The standard InChI is InChI=1S/C23H20BrN3OS2/c1-15(2)29-19-8-5-17(6-9-19)22(28)27(14-16-4-3-11-25-13-16)23-26-20-10-7-18(24)12-21(20)30-23/h3-13,15H,14H2,1-2H3. The molecule has 2 aromatic carbocycles. The van der Waals surface area contributed by atoms with Gasteiger partial charge in [0, 0.05) is 32.6 Å². The van der Waals surface area contributed by atoms with Gasteiger partial charge in [0.25, 0.3) is 5.91 Å². The number of thiazole rings is 1. The Morgan fingerprint density at radius 2 is 1.97 bits per heavy atom. The molecule has 0 aliphatic heterocycles. The van der Waals surface area contributed by atoms with Crippen LogP contribution in [0.3, 0.4) is 0 Å². The lowest BCUT2D eigenvalue weighted by atomic mass is 10.2. The Bertz CT molecular complexity index is 1160. The smallest absolute Gasteiger partial charge is 0.260 e. The summed E-state index contributed by atoms with van der Waals surface area (Å²) < 4.78 is 2.03. The molecule has 4 nitrogen and oxygen atoms in total. The molecule has 0 aliphatic carbocycles. The van der Waals surface area contributed by atoms with Crippen molar-refractivity contribution in [1.29, 1.82) is 0 Å². The second-order valence-corrected chi connectivity index (χ2v) is 10.6. The fourth-order valence-corrected chi connectivity index (χ4v) is 5.36. The molecule has 0 saturated carbocycles. The average Bonchev–Trinajstić information content (AvgIpc) is 3.15. The molecule has 152 valence electrons. The van der Waals surface area contributed by atoms with Crippen molar-refractivity contribution in [3.8, 4) is 0 Å². The summed E-state index contributed by atoms with van der Waals surface area (Å²) in [6.45, 7) is 4.73. The quantitative estimate of drug-likeness (QED) is 0.274. The van der Waals surface area contributed by atoms with Crippen molar-refractivity contribution in [2.24, 2.45) is 0 Å². The Balaban J connectivity index is 1.69. The Labute approximate surface area is 192 Å². The number of rotatable bonds is 6. The molecule has 0 unspecified atom stereocenters. The molecule has 7 heteroatoms. The van der Waals surface area contributed by atoms with E-state index < -0.39 is 0 Å². The number of anilines is 1. The highest BCUT2D eigenvalue weighted by atomic mass is 79.9. The van der Waals surface area contributed by atoms with Crippen LogP contribution in [-0.2, 0) is 6.54 Å². The monoisotopic (exact) mass is 497 g/mol. The maximum atomic E-state index is 13.5. The minimum Gasteiger partial charge on any atom is -0.279 e. The van der Waals surface area contributed by atoms with Crippen LogP contribution in [0.1, 0.15) is 29.8 Å². The van der Waals surface area contributed by atoms with Crippen molar-refractivity contribution >= 4 is 60.3 Å². The van der Waals surface area contributed by atoms with Gasteiger partial charge in [-0.2, -0.15) is 0 Å². The molecule has 0 radical (unpaired) electrons. The molecule has 4 rings (SSSR count). The summed E-state index contributed by atoms with van der Waals surface area (Å²) in [7, 11) is 0. The third-order valence-electron chi connectivity index (χ3n) is 4.35. The van der Waals surface area contributed by atoms with Crippen molar-refractivity contribution in [3.05, 3.63) is 82.6 Å². The van der Waals surface area contributed by atoms with Gasteiger partial charge in [0.2, 0.25) is 0 Å². The Morgan fingerprint density at radius 3 is 2.67 bits per heavy atom. The van der Waals surface area contributed by atoms with E-state index >= 15 is 0 Å². The first-order chi connectivity index (χ1) is 14.5. The van der Waals surface area contributed by atoms with Gasteiger partial charge in [-0.3, -0.25) is 14.7 Å². The Kier molecular flexibility index (Phi) is 6.51. The van der Waals surface area contributed by atoms with E-state index in [9.17, 15) is 4.79 Å². The van der Waals surface area contributed by atoms with E-state index in [2.05, 4.69) is 34.8 Å². The van der Waals surface area contributed by atoms with Crippen LogP contribution >= 0.6 is 39.0 Å². The fraction of sp³-hybridized carbons (Fsp3) is 0.174. The van der Waals surface area contributed by atoms with Gasteiger partial charge in [-0.1, -0.05) is 47.2 Å². The molecule has 2 aromatic heterocycles. The minimum atomic E-state index is -0.0712. The third-order valence-corrected chi connectivity index (χ3v) is 6.90. The van der Waals surface area contributed by atoms with Gasteiger partial charge in [0.15, 0.2) is 5.13 Å². The number of halogens is 1. The van der Waals surface area contributed by atoms with Gasteiger partial charge in [-0.05, 0) is 54.1 Å². The van der Waals surface area contributed by atoms with E-state index in [1.165, 1.54) is 11.3 Å². The number of benzene rings is 2. The summed E-state index contributed by atoms with van der Waals surface area (Å²) in [6.07, 6.45) is 3.52. The Hall–Kier alpha value is -2.22. The molecule has 0 bridgehead atoms. The fourth-order valence-electron chi connectivity index (χ4n) is 3.01.